The zero-order valence-corrected chi connectivity index (χ0v) is 14.6. The van der Waals surface area contributed by atoms with Gasteiger partial charge in [0.05, 0.1) is 14.2 Å². The monoisotopic (exact) mass is 346 g/mol. The number of methoxy groups -OCH3 is 2. The minimum absolute atomic E-state index is 0.0228. The number of benzene rings is 2. The van der Waals surface area contributed by atoms with Gasteiger partial charge < -0.3 is 9.47 Å². The van der Waals surface area contributed by atoms with Crippen molar-refractivity contribution in [1.29, 1.82) is 0 Å². The number of hydrogen-bond donors (Lipinski definition) is 0. The van der Waals surface area contributed by atoms with E-state index in [0.29, 0.717) is 0 Å². The van der Waals surface area contributed by atoms with Gasteiger partial charge in [-0.3, -0.25) is 9.59 Å². The SMILES string of the molecule is COc1ccc(OC)c2c1C1c3ccccc3C2C2C(=O)C=CC(=O)C12. The fraction of sp³-hybridized carbons (Fsp3) is 0.273. The zero-order chi connectivity index (χ0) is 18.0. The van der Waals surface area contributed by atoms with E-state index >= 15 is 0 Å². The molecule has 0 fully saturated rings. The summed E-state index contributed by atoms with van der Waals surface area (Å²) in [6, 6.07) is 11.9. The second-order valence-electron chi connectivity index (χ2n) is 7.07. The maximum atomic E-state index is 12.8. The first-order chi connectivity index (χ1) is 12.7. The molecule has 0 radical (unpaired) electrons. The van der Waals surface area contributed by atoms with Crippen LogP contribution in [0.4, 0.5) is 0 Å². The summed E-state index contributed by atoms with van der Waals surface area (Å²) in [4.78, 5) is 25.7. The topological polar surface area (TPSA) is 52.6 Å². The first-order valence-electron chi connectivity index (χ1n) is 8.76. The summed E-state index contributed by atoms with van der Waals surface area (Å²) in [6.07, 6.45) is 2.89. The normalized spacial score (nSPS) is 27.6. The smallest absolute Gasteiger partial charge is 0.160 e. The van der Waals surface area contributed by atoms with Gasteiger partial charge in [-0.25, -0.2) is 0 Å². The van der Waals surface area contributed by atoms with E-state index in [4.69, 9.17) is 9.47 Å². The fourth-order valence-electron chi connectivity index (χ4n) is 5.21. The molecule has 0 amide bonds. The lowest BCUT2D eigenvalue weighted by atomic mass is 9.51. The van der Waals surface area contributed by atoms with E-state index in [-0.39, 0.29) is 35.2 Å². The second kappa shape index (κ2) is 5.31. The lowest BCUT2D eigenvalue weighted by molar-refractivity contribution is -0.131. The largest absolute Gasteiger partial charge is 0.496 e. The highest BCUT2D eigenvalue weighted by Crippen LogP contribution is 2.63. The summed E-state index contributed by atoms with van der Waals surface area (Å²) in [5, 5.41) is 0. The van der Waals surface area contributed by atoms with E-state index in [0.717, 1.165) is 33.8 Å². The summed E-state index contributed by atoms with van der Waals surface area (Å²) in [7, 11) is 3.28. The Morgan fingerprint density at radius 2 is 1.12 bits per heavy atom. The van der Waals surface area contributed by atoms with Gasteiger partial charge in [0.25, 0.3) is 0 Å². The van der Waals surface area contributed by atoms with Gasteiger partial charge in [-0.1, -0.05) is 24.3 Å². The van der Waals surface area contributed by atoms with Crippen molar-refractivity contribution >= 4 is 11.6 Å². The van der Waals surface area contributed by atoms with Gasteiger partial charge in [0, 0.05) is 34.8 Å². The molecular weight excluding hydrogens is 328 g/mol. The van der Waals surface area contributed by atoms with Crippen LogP contribution in [0.2, 0.25) is 0 Å². The molecule has 0 aliphatic heterocycles. The number of carbonyl (C=O) groups is 2. The molecule has 0 heterocycles. The minimum Gasteiger partial charge on any atom is -0.496 e. The molecule has 2 bridgehead atoms. The average molecular weight is 346 g/mol. The number of carbonyl (C=O) groups excluding carboxylic acids is 2. The maximum Gasteiger partial charge on any atom is 0.160 e. The quantitative estimate of drug-likeness (QED) is 0.838. The van der Waals surface area contributed by atoms with Crippen LogP contribution < -0.4 is 9.47 Å². The number of rotatable bonds is 2. The average Bonchev–Trinajstić information content (AvgIpc) is 2.69. The van der Waals surface area contributed by atoms with Crippen molar-refractivity contribution in [3.05, 3.63) is 70.8 Å². The third-order valence-electron chi connectivity index (χ3n) is 6.11. The Morgan fingerprint density at radius 3 is 1.50 bits per heavy atom. The van der Waals surface area contributed by atoms with Crippen molar-refractivity contribution < 1.29 is 19.1 Å². The summed E-state index contributed by atoms with van der Waals surface area (Å²) < 4.78 is 11.3. The molecule has 0 N–H and O–H groups in total. The van der Waals surface area contributed by atoms with Crippen LogP contribution in [0.5, 0.6) is 11.5 Å². The summed E-state index contributed by atoms with van der Waals surface area (Å²) >= 11 is 0. The molecule has 4 heteroatoms. The van der Waals surface area contributed by atoms with Crippen molar-refractivity contribution in [3.8, 4) is 11.5 Å². The van der Waals surface area contributed by atoms with Crippen LogP contribution in [-0.4, -0.2) is 25.8 Å². The van der Waals surface area contributed by atoms with Crippen LogP contribution in [0, 0.1) is 11.8 Å². The Kier molecular flexibility index (Phi) is 3.14. The first kappa shape index (κ1) is 15.4. The second-order valence-corrected chi connectivity index (χ2v) is 7.07. The first-order valence-corrected chi connectivity index (χ1v) is 8.76. The molecule has 2 aromatic carbocycles. The highest BCUT2D eigenvalue weighted by Gasteiger charge is 2.57. The Hall–Kier alpha value is -2.88. The van der Waals surface area contributed by atoms with Gasteiger partial charge in [-0.05, 0) is 35.4 Å². The molecule has 0 saturated carbocycles. The maximum absolute atomic E-state index is 12.8. The molecule has 4 unspecified atom stereocenters. The molecule has 0 spiro atoms. The lowest BCUT2D eigenvalue weighted by Crippen LogP contribution is -2.48. The van der Waals surface area contributed by atoms with Gasteiger partial charge in [0.2, 0.25) is 0 Å². The van der Waals surface area contributed by atoms with Gasteiger partial charge in [-0.2, -0.15) is 0 Å². The van der Waals surface area contributed by atoms with E-state index < -0.39 is 0 Å². The van der Waals surface area contributed by atoms with Gasteiger partial charge >= 0.3 is 0 Å². The van der Waals surface area contributed by atoms with Crippen molar-refractivity contribution in [2.75, 3.05) is 14.2 Å². The Morgan fingerprint density at radius 1 is 0.692 bits per heavy atom. The molecule has 26 heavy (non-hydrogen) atoms. The predicted octanol–water partition coefficient (Wildman–Crippen LogP) is 3.24. The molecule has 4 aliphatic carbocycles. The van der Waals surface area contributed by atoms with Crippen LogP contribution in [0.1, 0.15) is 34.1 Å². The van der Waals surface area contributed by atoms with E-state index in [1.165, 1.54) is 12.2 Å². The fourth-order valence-corrected chi connectivity index (χ4v) is 5.21. The number of allylic oxidation sites excluding steroid dienone is 2. The van der Waals surface area contributed by atoms with E-state index in [2.05, 4.69) is 12.1 Å². The lowest BCUT2D eigenvalue weighted by Gasteiger charge is -2.50. The van der Waals surface area contributed by atoms with Crippen LogP contribution in [0.15, 0.2) is 48.6 Å². The number of hydrogen-bond acceptors (Lipinski definition) is 4. The predicted molar refractivity (Wildman–Crippen MR) is 95.8 cm³/mol. The Labute approximate surface area is 151 Å². The van der Waals surface area contributed by atoms with E-state index in [1.54, 1.807) is 14.2 Å². The van der Waals surface area contributed by atoms with Gasteiger partial charge in [0.1, 0.15) is 11.5 Å². The number of ether oxygens (including phenoxy) is 2. The van der Waals surface area contributed by atoms with Crippen LogP contribution in [0.25, 0.3) is 0 Å². The third kappa shape index (κ3) is 1.74. The van der Waals surface area contributed by atoms with Crippen molar-refractivity contribution in [2.24, 2.45) is 11.8 Å². The molecule has 130 valence electrons. The standard InChI is InChI=1S/C22H18O4/c1-25-15-9-10-16(26-2)22-18-12-6-4-3-5-11(12)17(21(15)22)19-13(23)7-8-14(24)20(18)19/h3-10,17-20H,1-2H3. The molecule has 4 nitrogen and oxygen atoms in total. The molecule has 6 rings (SSSR count). The van der Waals surface area contributed by atoms with Crippen LogP contribution >= 0.6 is 0 Å². The minimum atomic E-state index is -0.374. The molecule has 0 aromatic heterocycles. The summed E-state index contributed by atoms with van der Waals surface area (Å²) in [5.74, 6) is 0.411. The highest BCUT2D eigenvalue weighted by molar-refractivity contribution is 6.09. The summed E-state index contributed by atoms with van der Waals surface area (Å²) in [6.45, 7) is 0. The van der Waals surface area contributed by atoms with Crippen molar-refractivity contribution in [1.82, 2.24) is 0 Å². The zero-order valence-electron chi connectivity index (χ0n) is 14.6. The molecule has 4 aliphatic rings. The van der Waals surface area contributed by atoms with E-state index in [9.17, 15) is 9.59 Å². The number of ketones is 2. The van der Waals surface area contributed by atoms with Crippen molar-refractivity contribution in [2.45, 2.75) is 11.8 Å². The van der Waals surface area contributed by atoms with Gasteiger partial charge in [-0.15, -0.1) is 0 Å². The van der Waals surface area contributed by atoms with E-state index in [1.807, 2.05) is 24.3 Å². The molecule has 0 saturated heterocycles. The Bertz CT molecular complexity index is 910. The van der Waals surface area contributed by atoms with Gasteiger partial charge in [0.15, 0.2) is 11.6 Å². The Balaban J connectivity index is 1.90. The third-order valence-corrected chi connectivity index (χ3v) is 6.11. The van der Waals surface area contributed by atoms with Crippen LogP contribution in [-0.2, 0) is 9.59 Å². The highest BCUT2D eigenvalue weighted by atomic mass is 16.5. The molecule has 4 atom stereocenters. The van der Waals surface area contributed by atoms with Crippen LogP contribution in [0.3, 0.4) is 0 Å². The molecule has 2 aromatic rings. The molecular formula is C22H18O4. The summed E-state index contributed by atoms with van der Waals surface area (Å²) in [5.41, 5.74) is 4.23. The van der Waals surface area contributed by atoms with Crippen molar-refractivity contribution in [3.63, 3.8) is 0 Å².